The molecular formula is C16H26N2O4. The van der Waals surface area contributed by atoms with Crippen LogP contribution in [0, 0.1) is 6.92 Å². The number of rotatable bonds is 6. The third kappa shape index (κ3) is 4.32. The fourth-order valence-corrected chi connectivity index (χ4v) is 2.65. The summed E-state index contributed by atoms with van der Waals surface area (Å²) >= 11 is 0. The van der Waals surface area contributed by atoms with Crippen molar-refractivity contribution in [1.29, 1.82) is 0 Å². The smallest absolute Gasteiger partial charge is 0.289 e. The summed E-state index contributed by atoms with van der Waals surface area (Å²) in [7, 11) is 1.69. The Labute approximate surface area is 131 Å². The molecule has 1 fully saturated rings. The Kier molecular flexibility index (Phi) is 5.99. The molecule has 124 valence electrons. The monoisotopic (exact) mass is 310 g/mol. The molecule has 22 heavy (non-hydrogen) atoms. The number of likely N-dealkylation sites (N-methyl/N-ethyl adjacent to an activating group) is 1. The molecule has 6 nitrogen and oxygen atoms in total. The van der Waals surface area contributed by atoms with Gasteiger partial charge < -0.3 is 19.2 Å². The van der Waals surface area contributed by atoms with E-state index in [9.17, 15) is 9.90 Å². The van der Waals surface area contributed by atoms with Crippen molar-refractivity contribution in [3.05, 3.63) is 23.2 Å². The third-order valence-corrected chi connectivity index (χ3v) is 3.92. The first-order valence-electron chi connectivity index (χ1n) is 7.84. The summed E-state index contributed by atoms with van der Waals surface area (Å²) < 4.78 is 10.9. The van der Waals surface area contributed by atoms with E-state index in [4.69, 9.17) is 9.15 Å². The molecule has 1 N–H and O–H groups in total. The Hall–Kier alpha value is -1.37. The lowest BCUT2D eigenvalue weighted by Gasteiger charge is -2.29. The molecule has 1 aliphatic rings. The van der Waals surface area contributed by atoms with Crippen LogP contribution in [0.4, 0.5) is 0 Å². The first-order chi connectivity index (χ1) is 10.5. The summed E-state index contributed by atoms with van der Waals surface area (Å²) in [5.74, 6) is 0.999. The molecule has 0 aliphatic carbocycles. The number of aliphatic hydroxyl groups excluding tert-OH is 1. The maximum absolute atomic E-state index is 12.4. The van der Waals surface area contributed by atoms with Crippen LogP contribution in [-0.2, 0) is 11.2 Å². The first kappa shape index (κ1) is 17.0. The number of carbonyl (C=O) groups excluding carboxylic acids is 1. The second kappa shape index (κ2) is 7.76. The number of hydrogen-bond donors (Lipinski definition) is 1. The van der Waals surface area contributed by atoms with Gasteiger partial charge in [0, 0.05) is 45.2 Å². The van der Waals surface area contributed by atoms with E-state index in [1.54, 1.807) is 7.05 Å². The number of aryl methyl sites for hydroxylation is 2. The van der Waals surface area contributed by atoms with Gasteiger partial charge in [0.25, 0.3) is 5.91 Å². The second-order valence-corrected chi connectivity index (χ2v) is 5.83. The molecule has 1 saturated heterocycles. The number of β-amino-alcohol motifs (C(OH)–C–C–N with tert-alkyl or cyclic N) is 1. The van der Waals surface area contributed by atoms with Crippen LogP contribution in [0.1, 0.15) is 28.8 Å². The summed E-state index contributed by atoms with van der Waals surface area (Å²) in [6, 6.07) is 1.89. The van der Waals surface area contributed by atoms with Crippen LogP contribution in [0.15, 0.2) is 10.5 Å². The number of furan rings is 1. The molecule has 0 aromatic carbocycles. The van der Waals surface area contributed by atoms with Gasteiger partial charge in [-0.05, 0) is 13.0 Å². The topological polar surface area (TPSA) is 66.2 Å². The normalized spacial score (nSPS) is 17.5. The summed E-state index contributed by atoms with van der Waals surface area (Å²) in [4.78, 5) is 16.1. The lowest BCUT2D eigenvalue weighted by molar-refractivity contribution is 0.00851. The fourth-order valence-electron chi connectivity index (χ4n) is 2.65. The molecule has 1 unspecified atom stereocenters. The molecule has 2 rings (SSSR count). The average molecular weight is 310 g/mol. The SMILES string of the molecule is CCc1cc(C)c(C(=O)N(C)CC(O)CN2CCOCC2)o1. The third-order valence-electron chi connectivity index (χ3n) is 3.92. The molecule has 1 aromatic heterocycles. The van der Waals surface area contributed by atoms with Gasteiger partial charge in [-0.2, -0.15) is 0 Å². The van der Waals surface area contributed by atoms with Crippen molar-refractivity contribution < 1.29 is 19.1 Å². The minimum absolute atomic E-state index is 0.182. The predicted octanol–water partition coefficient (Wildman–Crippen LogP) is 0.916. The highest BCUT2D eigenvalue weighted by atomic mass is 16.5. The van der Waals surface area contributed by atoms with Crippen LogP contribution in [0.2, 0.25) is 0 Å². The maximum Gasteiger partial charge on any atom is 0.289 e. The predicted molar refractivity (Wildman–Crippen MR) is 83.0 cm³/mol. The summed E-state index contributed by atoms with van der Waals surface area (Å²) in [5, 5.41) is 10.2. The van der Waals surface area contributed by atoms with E-state index in [-0.39, 0.29) is 12.5 Å². The van der Waals surface area contributed by atoms with Crippen molar-refractivity contribution in [3.63, 3.8) is 0 Å². The Balaban J connectivity index is 1.88. The number of morpholine rings is 1. The molecule has 6 heteroatoms. The van der Waals surface area contributed by atoms with Gasteiger partial charge in [-0.1, -0.05) is 6.92 Å². The highest BCUT2D eigenvalue weighted by Crippen LogP contribution is 2.17. The number of amides is 1. The van der Waals surface area contributed by atoms with Crippen molar-refractivity contribution in [2.45, 2.75) is 26.4 Å². The van der Waals surface area contributed by atoms with E-state index < -0.39 is 6.10 Å². The Morgan fingerprint density at radius 1 is 1.45 bits per heavy atom. The van der Waals surface area contributed by atoms with Gasteiger partial charge in [0.05, 0.1) is 19.3 Å². The molecule has 2 heterocycles. The molecule has 0 spiro atoms. The lowest BCUT2D eigenvalue weighted by atomic mass is 10.2. The van der Waals surface area contributed by atoms with Crippen molar-refractivity contribution in [1.82, 2.24) is 9.80 Å². The highest BCUT2D eigenvalue weighted by molar-refractivity contribution is 5.92. The van der Waals surface area contributed by atoms with Crippen molar-refractivity contribution in [2.75, 3.05) is 46.4 Å². The van der Waals surface area contributed by atoms with Gasteiger partial charge in [0.2, 0.25) is 0 Å². The largest absolute Gasteiger partial charge is 0.456 e. The number of carbonyl (C=O) groups is 1. The van der Waals surface area contributed by atoms with Gasteiger partial charge in [-0.15, -0.1) is 0 Å². The Bertz CT molecular complexity index is 494. The molecule has 1 amide bonds. The summed E-state index contributed by atoms with van der Waals surface area (Å²) in [6.45, 7) is 7.75. The zero-order valence-electron chi connectivity index (χ0n) is 13.7. The van der Waals surface area contributed by atoms with Crippen LogP contribution in [0.25, 0.3) is 0 Å². The van der Waals surface area contributed by atoms with E-state index in [1.165, 1.54) is 4.90 Å². The molecule has 1 atom stereocenters. The fraction of sp³-hybridized carbons (Fsp3) is 0.688. The maximum atomic E-state index is 12.4. The van der Waals surface area contributed by atoms with E-state index >= 15 is 0 Å². The van der Waals surface area contributed by atoms with Gasteiger partial charge in [-0.3, -0.25) is 9.69 Å². The quantitative estimate of drug-likeness (QED) is 0.846. The van der Waals surface area contributed by atoms with Crippen molar-refractivity contribution >= 4 is 5.91 Å². The number of ether oxygens (including phenoxy) is 1. The van der Waals surface area contributed by atoms with Crippen LogP contribution in [0.3, 0.4) is 0 Å². The van der Waals surface area contributed by atoms with Gasteiger partial charge in [0.15, 0.2) is 5.76 Å². The molecular weight excluding hydrogens is 284 g/mol. The average Bonchev–Trinajstić information content (AvgIpc) is 2.88. The van der Waals surface area contributed by atoms with Crippen molar-refractivity contribution in [2.24, 2.45) is 0 Å². The van der Waals surface area contributed by atoms with Crippen molar-refractivity contribution in [3.8, 4) is 0 Å². The second-order valence-electron chi connectivity index (χ2n) is 5.83. The summed E-state index contributed by atoms with van der Waals surface area (Å²) in [6.07, 6.45) is 0.185. The molecule has 0 radical (unpaired) electrons. The zero-order valence-corrected chi connectivity index (χ0v) is 13.7. The minimum atomic E-state index is -0.576. The van der Waals surface area contributed by atoms with E-state index in [2.05, 4.69) is 4.90 Å². The molecule has 0 saturated carbocycles. The number of nitrogens with zero attached hydrogens (tertiary/aromatic N) is 2. The van der Waals surface area contributed by atoms with Gasteiger partial charge >= 0.3 is 0 Å². The van der Waals surface area contributed by atoms with Crippen LogP contribution in [-0.4, -0.2) is 73.4 Å². The highest BCUT2D eigenvalue weighted by Gasteiger charge is 2.22. The van der Waals surface area contributed by atoms with E-state index in [0.29, 0.717) is 25.5 Å². The molecule has 1 aromatic rings. The van der Waals surface area contributed by atoms with Gasteiger partial charge in [0.1, 0.15) is 5.76 Å². The van der Waals surface area contributed by atoms with E-state index in [0.717, 1.165) is 30.8 Å². The van der Waals surface area contributed by atoms with E-state index in [1.807, 2.05) is 19.9 Å². The van der Waals surface area contributed by atoms with Gasteiger partial charge in [-0.25, -0.2) is 0 Å². The number of hydrogen-bond acceptors (Lipinski definition) is 5. The molecule has 1 aliphatic heterocycles. The minimum Gasteiger partial charge on any atom is -0.456 e. The first-order valence-corrected chi connectivity index (χ1v) is 7.84. The summed E-state index contributed by atoms with van der Waals surface area (Å²) in [5.41, 5.74) is 0.844. The van der Waals surface area contributed by atoms with Crippen LogP contribution >= 0.6 is 0 Å². The van der Waals surface area contributed by atoms with Crippen LogP contribution in [0.5, 0.6) is 0 Å². The van der Waals surface area contributed by atoms with Crippen LogP contribution < -0.4 is 0 Å². The Morgan fingerprint density at radius 2 is 2.14 bits per heavy atom. The standard InChI is InChI=1S/C16H26N2O4/c1-4-14-9-12(2)15(22-14)16(20)17(3)10-13(19)11-18-5-7-21-8-6-18/h9,13,19H,4-8,10-11H2,1-3H3. The number of aliphatic hydroxyl groups is 1. The zero-order chi connectivity index (χ0) is 16.1. The molecule has 0 bridgehead atoms. The lowest BCUT2D eigenvalue weighted by Crippen LogP contribution is -2.45. The Morgan fingerprint density at radius 3 is 2.73 bits per heavy atom.